The fourth-order valence-electron chi connectivity index (χ4n) is 3.15. The maximum absolute atomic E-state index is 12.8. The first-order valence-electron chi connectivity index (χ1n) is 8.76. The van der Waals surface area contributed by atoms with Crippen LogP contribution in [-0.4, -0.2) is 33.8 Å². The standard InChI is InChI=1S/C21H22N2O4/c1-13(2)19(24)17-18(16-6-4-5-11-22-16)23(21(26)20(17)25)12-14-7-9-15(27-3)10-8-14/h4-11,13,18,25H,12H2,1-3H3. The minimum absolute atomic E-state index is 0.113. The van der Waals surface area contributed by atoms with Gasteiger partial charge < -0.3 is 14.7 Å². The number of hydrogen-bond donors (Lipinski definition) is 1. The number of benzene rings is 1. The maximum atomic E-state index is 12.8. The average Bonchev–Trinajstić information content (AvgIpc) is 2.93. The van der Waals surface area contributed by atoms with Crippen molar-refractivity contribution >= 4 is 11.7 Å². The van der Waals surface area contributed by atoms with E-state index in [0.717, 1.165) is 5.56 Å². The van der Waals surface area contributed by atoms with Gasteiger partial charge in [0, 0.05) is 18.7 Å². The summed E-state index contributed by atoms with van der Waals surface area (Å²) in [5.41, 5.74) is 1.52. The highest BCUT2D eigenvalue weighted by molar-refractivity contribution is 6.09. The number of amides is 1. The van der Waals surface area contributed by atoms with Crippen LogP contribution in [0.25, 0.3) is 0 Å². The quantitative estimate of drug-likeness (QED) is 0.849. The van der Waals surface area contributed by atoms with Crippen LogP contribution in [0.1, 0.15) is 31.1 Å². The number of ketones is 1. The molecule has 27 heavy (non-hydrogen) atoms. The average molecular weight is 366 g/mol. The Balaban J connectivity index is 2.01. The zero-order chi connectivity index (χ0) is 19.6. The number of rotatable bonds is 6. The van der Waals surface area contributed by atoms with Gasteiger partial charge in [-0.3, -0.25) is 14.6 Å². The highest BCUT2D eigenvalue weighted by atomic mass is 16.5. The van der Waals surface area contributed by atoms with Crippen molar-refractivity contribution < 1.29 is 19.4 Å². The summed E-state index contributed by atoms with van der Waals surface area (Å²) in [6.07, 6.45) is 1.61. The van der Waals surface area contributed by atoms with E-state index in [4.69, 9.17) is 4.74 Å². The Hall–Kier alpha value is -3.15. The first-order valence-corrected chi connectivity index (χ1v) is 8.76. The number of carbonyl (C=O) groups is 2. The Labute approximate surface area is 158 Å². The monoisotopic (exact) mass is 366 g/mol. The van der Waals surface area contributed by atoms with E-state index in [0.29, 0.717) is 11.4 Å². The lowest BCUT2D eigenvalue weighted by atomic mass is 9.93. The van der Waals surface area contributed by atoms with Gasteiger partial charge in [0.1, 0.15) is 11.8 Å². The number of pyridine rings is 1. The highest BCUT2D eigenvalue weighted by Crippen LogP contribution is 2.39. The van der Waals surface area contributed by atoms with E-state index >= 15 is 0 Å². The molecule has 1 atom stereocenters. The molecule has 1 N–H and O–H groups in total. The molecule has 3 rings (SSSR count). The number of aliphatic hydroxyl groups excluding tert-OH is 1. The number of Topliss-reactive ketones (excluding diaryl/α,β-unsaturated/α-hetero) is 1. The zero-order valence-electron chi connectivity index (χ0n) is 15.5. The Bertz CT molecular complexity index is 873. The topological polar surface area (TPSA) is 79.7 Å². The van der Waals surface area contributed by atoms with Crippen molar-refractivity contribution in [2.75, 3.05) is 7.11 Å². The van der Waals surface area contributed by atoms with E-state index in [2.05, 4.69) is 4.98 Å². The molecule has 6 nitrogen and oxygen atoms in total. The van der Waals surface area contributed by atoms with Gasteiger partial charge in [0.05, 0.1) is 18.4 Å². The SMILES string of the molecule is COc1ccc(CN2C(=O)C(O)=C(C(=O)C(C)C)C2c2ccccn2)cc1. The predicted octanol–water partition coefficient (Wildman–Crippen LogP) is 3.21. The van der Waals surface area contributed by atoms with Crippen molar-refractivity contribution in [2.24, 2.45) is 5.92 Å². The van der Waals surface area contributed by atoms with Crippen LogP contribution in [0.3, 0.4) is 0 Å². The van der Waals surface area contributed by atoms with Crippen LogP contribution in [0.4, 0.5) is 0 Å². The molecule has 1 aliphatic heterocycles. The van der Waals surface area contributed by atoms with Gasteiger partial charge in [0.25, 0.3) is 5.91 Å². The molecule has 0 aliphatic carbocycles. The summed E-state index contributed by atoms with van der Waals surface area (Å²) in [4.78, 5) is 31.3. The number of aromatic nitrogens is 1. The molecular weight excluding hydrogens is 344 g/mol. The van der Waals surface area contributed by atoms with E-state index < -0.39 is 17.7 Å². The molecule has 6 heteroatoms. The number of carbonyl (C=O) groups excluding carboxylic acids is 2. The summed E-state index contributed by atoms with van der Waals surface area (Å²) in [6, 6.07) is 11.9. The smallest absolute Gasteiger partial charge is 0.290 e. The third-order valence-corrected chi connectivity index (χ3v) is 4.57. The summed E-state index contributed by atoms with van der Waals surface area (Å²) >= 11 is 0. The number of aliphatic hydroxyl groups is 1. The zero-order valence-corrected chi connectivity index (χ0v) is 15.5. The van der Waals surface area contributed by atoms with Crippen molar-refractivity contribution in [3.8, 4) is 5.75 Å². The van der Waals surface area contributed by atoms with Crippen molar-refractivity contribution in [3.05, 3.63) is 71.3 Å². The van der Waals surface area contributed by atoms with Crippen LogP contribution < -0.4 is 4.74 Å². The minimum atomic E-state index is -0.712. The van der Waals surface area contributed by atoms with Gasteiger partial charge in [-0.1, -0.05) is 32.0 Å². The Kier molecular flexibility index (Phi) is 5.26. The molecule has 1 unspecified atom stereocenters. The largest absolute Gasteiger partial charge is 0.503 e. The lowest BCUT2D eigenvalue weighted by Crippen LogP contribution is -2.31. The van der Waals surface area contributed by atoms with Crippen molar-refractivity contribution in [1.82, 2.24) is 9.88 Å². The minimum Gasteiger partial charge on any atom is -0.503 e. The molecule has 0 saturated carbocycles. The van der Waals surface area contributed by atoms with Crippen molar-refractivity contribution in [3.63, 3.8) is 0 Å². The van der Waals surface area contributed by atoms with Crippen LogP contribution >= 0.6 is 0 Å². The Morgan fingerprint density at radius 3 is 2.48 bits per heavy atom. The second-order valence-electron chi connectivity index (χ2n) is 6.72. The summed E-state index contributed by atoms with van der Waals surface area (Å²) < 4.78 is 5.16. The molecule has 1 aliphatic rings. The maximum Gasteiger partial charge on any atom is 0.290 e. The molecule has 0 saturated heterocycles. The lowest BCUT2D eigenvalue weighted by molar-refractivity contribution is -0.130. The highest BCUT2D eigenvalue weighted by Gasteiger charge is 2.44. The number of methoxy groups -OCH3 is 1. The van der Waals surface area contributed by atoms with Gasteiger partial charge in [-0.05, 0) is 29.8 Å². The lowest BCUT2D eigenvalue weighted by Gasteiger charge is -2.26. The second kappa shape index (κ2) is 7.61. The normalized spacial score (nSPS) is 17.0. The van der Waals surface area contributed by atoms with Gasteiger partial charge in [-0.15, -0.1) is 0 Å². The molecular formula is C21H22N2O4. The molecule has 0 radical (unpaired) electrons. The Morgan fingerprint density at radius 2 is 1.93 bits per heavy atom. The van der Waals surface area contributed by atoms with Gasteiger partial charge in [-0.2, -0.15) is 0 Å². The summed E-state index contributed by atoms with van der Waals surface area (Å²) in [5.74, 6) is -0.941. The van der Waals surface area contributed by atoms with Gasteiger partial charge in [-0.25, -0.2) is 0 Å². The fourth-order valence-corrected chi connectivity index (χ4v) is 3.15. The summed E-state index contributed by atoms with van der Waals surface area (Å²) in [6.45, 7) is 3.73. The number of ether oxygens (including phenoxy) is 1. The molecule has 1 aromatic carbocycles. The predicted molar refractivity (Wildman–Crippen MR) is 100 cm³/mol. The van der Waals surface area contributed by atoms with E-state index in [1.807, 2.05) is 12.1 Å². The van der Waals surface area contributed by atoms with E-state index in [-0.39, 0.29) is 23.8 Å². The molecule has 0 fully saturated rings. The van der Waals surface area contributed by atoms with E-state index in [1.165, 1.54) is 4.90 Å². The van der Waals surface area contributed by atoms with Crippen molar-refractivity contribution in [2.45, 2.75) is 26.4 Å². The third kappa shape index (κ3) is 3.56. The van der Waals surface area contributed by atoms with Crippen LogP contribution in [0, 0.1) is 5.92 Å². The molecule has 2 heterocycles. The molecule has 1 amide bonds. The summed E-state index contributed by atoms with van der Waals surface area (Å²) in [7, 11) is 1.59. The molecule has 0 bridgehead atoms. The molecule has 0 spiro atoms. The number of nitrogens with zero attached hydrogens (tertiary/aromatic N) is 2. The first kappa shape index (κ1) is 18.6. The second-order valence-corrected chi connectivity index (χ2v) is 6.72. The van der Waals surface area contributed by atoms with Crippen LogP contribution in [-0.2, 0) is 16.1 Å². The van der Waals surface area contributed by atoms with Crippen LogP contribution in [0.15, 0.2) is 60.0 Å². The van der Waals surface area contributed by atoms with Gasteiger partial charge in [0.2, 0.25) is 0 Å². The Morgan fingerprint density at radius 1 is 1.22 bits per heavy atom. The molecule has 1 aromatic heterocycles. The molecule has 140 valence electrons. The van der Waals surface area contributed by atoms with Crippen molar-refractivity contribution in [1.29, 1.82) is 0 Å². The van der Waals surface area contributed by atoms with Gasteiger partial charge in [0.15, 0.2) is 11.5 Å². The first-order chi connectivity index (χ1) is 12.9. The van der Waals surface area contributed by atoms with Crippen LogP contribution in [0.2, 0.25) is 0 Å². The number of hydrogen-bond acceptors (Lipinski definition) is 5. The van der Waals surface area contributed by atoms with Crippen LogP contribution in [0.5, 0.6) is 5.75 Å². The van der Waals surface area contributed by atoms with E-state index in [9.17, 15) is 14.7 Å². The fraction of sp³-hybridized carbons (Fsp3) is 0.286. The molecule has 2 aromatic rings. The van der Waals surface area contributed by atoms with Gasteiger partial charge >= 0.3 is 0 Å². The third-order valence-electron chi connectivity index (χ3n) is 4.57. The van der Waals surface area contributed by atoms with E-state index in [1.54, 1.807) is 57.5 Å². The summed E-state index contributed by atoms with van der Waals surface area (Å²) in [5, 5.41) is 10.5.